The number of rotatable bonds is 5. The molecule has 1 aromatic heterocycles. The second-order valence-electron chi connectivity index (χ2n) is 5.23. The van der Waals surface area contributed by atoms with E-state index in [0.717, 1.165) is 17.8 Å². The molecule has 1 N–H and O–H groups in total. The van der Waals surface area contributed by atoms with Gasteiger partial charge >= 0.3 is 0 Å². The average molecular weight is 396 g/mol. The second kappa shape index (κ2) is 7.79. The summed E-state index contributed by atoms with van der Waals surface area (Å²) in [6.07, 6.45) is 0. The second-order valence-corrected chi connectivity index (χ2v) is 6.94. The predicted molar refractivity (Wildman–Crippen MR) is 94.5 cm³/mol. The van der Waals surface area contributed by atoms with Crippen LogP contribution >= 0.6 is 23.4 Å². The standard InChI is InChI=1S/C16H12ClF2N5OS/c1-9(15(25)20-14-6-5-11(19)8-13(14)17)26-16-21-22-23-24(16)12-4-2-3-10(18)7-12/h2-9H,1H3,(H,20,25). The van der Waals surface area contributed by atoms with Crippen molar-refractivity contribution in [3.8, 4) is 5.69 Å². The molecule has 2 aromatic carbocycles. The maximum absolute atomic E-state index is 13.4. The number of nitrogens with zero attached hydrogens (tertiary/aromatic N) is 4. The van der Waals surface area contributed by atoms with E-state index in [2.05, 4.69) is 20.8 Å². The number of amides is 1. The average Bonchev–Trinajstić information content (AvgIpc) is 3.05. The number of benzene rings is 2. The van der Waals surface area contributed by atoms with E-state index in [0.29, 0.717) is 16.5 Å². The first-order valence-corrected chi connectivity index (χ1v) is 8.66. The third-order valence-corrected chi connectivity index (χ3v) is 4.68. The molecule has 1 atom stereocenters. The molecular formula is C16H12ClF2N5OS. The number of thioether (sulfide) groups is 1. The fraction of sp³-hybridized carbons (Fsp3) is 0.125. The number of carbonyl (C=O) groups excluding carboxylic acids is 1. The van der Waals surface area contributed by atoms with Gasteiger partial charge in [0.25, 0.3) is 0 Å². The van der Waals surface area contributed by atoms with Gasteiger partial charge in [-0.25, -0.2) is 8.78 Å². The lowest BCUT2D eigenvalue weighted by Crippen LogP contribution is -2.23. The summed E-state index contributed by atoms with van der Waals surface area (Å²) < 4.78 is 27.8. The maximum atomic E-state index is 13.4. The SMILES string of the molecule is CC(Sc1nnnn1-c1cccc(F)c1)C(=O)Nc1ccc(F)cc1Cl. The molecule has 0 saturated carbocycles. The summed E-state index contributed by atoms with van der Waals surface area (Å²) in [5, 5.41) is 13.7. The van der Waals surface area contributed by atoms with Crippen molar-refractivity contribution in [2.75, 3.05) is 5.32 Å². The smallest absolute Gasteiger partial charge is 0.237 e. The van der Waals surface area contributed by atoms with Crippen LogP contribution in [0, 0.1) is 11.6 Å². The molecule has 0 saturated heterocycles. The molecule has 0 bridgehead atoms. The lowest BCUT2D eigenvalue weighted by molar-refractivity contribution is -0.115. The zero-order valence-corrected chi connectivity index (χ0v) is 14.9. The monoisotopic (exact) mass is 395 g/mol. The minimum atomic E-state index is -0.588. The molecule has 1 amide bonds. The molecule has 0 spiro atoms. The lowest BCUT2D eigenvalue weighted by Gasteiger charge is -2.12. The molecule has 0 aliphatic heterocycles. The van der Waals surface area contributed by atoms with Gasteiger partial charge < -0.3 is 5.32 Å². The fourth-order valence-corrected chi connectivity index (χ4v) is 3.08. The Balaban J connectivity index is 1.73. The molecule has 6 nitrogen and oxygen atoms in total. The van der Waals surface area contributed by atoms with Gasteiger partial charge in [-0.05, 0) is 53.7 Å². The van der Waals surface area contributed by atoms with Crippen LogP contribution in [0.5, 0.6) is 0 Å². The van der Waals surface area contributed by atoms with Crippen molar-refractivity contribution >= 4 is 35.0 Å². The summed E-state index contributed by atoms with van der Waals surface area (Å²) in [5.74, 6) is -1.28. The molecule has 134 valence electrons. The van der Waals surface area contributed by atoms with Gasteiger partial charge in [0.1, 0.15) is 11.6 Å². The van der Waals surface area contributed by atoms with Crippen LogP contribution in [0.1, 0.15) is 6.92 Å². The van der Waals surface area contributed by atoms with Gasteiger partial charge in [-0.3, -0.25) is 4.79 Å². The molecule has 3 aromatic rings. The Kier molecular flexibility index (Phi) is 5.48. The van der Waals surface area contributed by atoms with Crippen molar-refractivity contribution in [2.45, 2.75) is 17.3 Å². The summed E-state index contributed by atoms with van der Waals surface area (Å²) in [4.78, 5) is 12.4. The van der Waals surface area contributed by atoms with E-state index < -0.39 is 16.9 Å². The molecule has 0 aliphatic carbocycles. The number of hydrogen-bond donors (Lipinski definition) is 1. The zero-order chi connectivity index (χ0) is 18.7. The third kappa shape index (κ3) is 4.17. The highest BCUT2D eigenvalue weighted by Gasteiger charge is 2.20. The van der Waals surface area contributed by atoms with Gasteiger partial charge in [-0.2, -0.15) is 4.68 Å². The van der Waals surface area contributed by atoms with Crippen molar-refractivity contribution in [3.05, 3.63) is 59.1 Å². The van der Waals surface area contributed by atoms with Crippen LogP contribution in [0.4, 0.5) is 14.5 Å². The number of halogens is 3. The molecule has 3 rings (SSSR count). The Morgan fingerprint density at radius 1 is 1.23 bits per heavy atom. The van der Waals surface area contributed by atoms with Crippen molar-refractivity contribution in [2.24, 2.45) is 0 Å². The topological polar surface area (TPSA) is 72.7 Å². The van der Waals surface area contributed by atoms with E-state index in [4.69, 9.17) is 11.6 Å². The zero-order valence-electron chi connectivity index (χ0n) is 13.4. The van der Waals surface area contributed by atoms with Crippen LogP contribution in [0.3, 0.4) is 0 Å². The summed E-state index contributed by atoms with van der Waals surface area (Å²) in [5.41, 5.74) is 0.738. The van der Waals surface area contributed by atoms with Gasteiger partial charge in [0.15, 0.2) is 0 Å². The number of tetrazole rings is 1. The number of aromatic nitrogens is 4. The lowest BCUT2D eigenvalue weighted by atomic mass is 10.3. The van der Waals surface area contributed by atoms with E-state index in [9.17, 15) is 13.6 Å². The third-order valence-electron chi connectivity index (χ3n) is 3.33. The number of anilines is 1. The minimum absolute atomic E-state index is 0.0974. The molecule has 1 unspecified atom stereocenters. The first-order valence-electron chi connectivity index (χ1n) is 7.41. The van der Waals surface area contributed by atoms with Crippen molar-refractivity contribution in [1.29, 1.82) is 0 Å². The Morgan fingerprint density at radius 3 is 2.73 bits per heavy atom. The van der Waals surface area contributed by atoms with E-state index in [1.165, 1.54) is 35.0 Å². The van der Waals surface area contributed by atoms with Crippen LogP contribution in [-0.4, -0.2) is 31.4 Å². The van der Waals surface area contributed by atoms with Gasteiger partial charge in [0.2, 0.25) is 11.1 Å². The Bertz CT molecular complexity index is 952. The minimum Gasteiger partial charge on any atom is -0.324 e. The van der Waals surface area contributed by atoms with Crippen LogP contribution < -0.4 is 5.32 Å². The molecule has 1 heterocycles. The van der Waals surface area contributed by atoms with E-state index in [-0.39, 0.29) is 10.9 Å². The van der Waals surface area contributed by atoms with Gasteiger partial charge in [-0.15, -0.1) is 5.10 Å². The van der Waals surface area contributed by atoms with Crippen molar-refractivity contribution < 1.29 is 13.6 Å². The molecule has 0 aliphatic rings. The summed E-state index contributed by atoms with van der Waals surface area (Å²) in [7, 11) is 0. The highest BCUT2D eigenvalue weighted by Crippen LogP contribution is 2.26. The highest BCUT2D eigenvalue weighted by molar-refractivity contribution is 8.00. The van der Waals surface area contributed by atoms with Crippen LogP contribution in [-0.2, 0) is 4.79 Å². The number of nitrogens with one attached hydrogen (secondary N) is 1. The maximum Gasteiger partial charge on any atom is 0.237 e. The van der Waals surface area contributed by atoms with Crippen LogP contribution in [0.15, 0.2) is 47.6 Å². The fourth-order valence-electron chi connectivity index (χ4n) is 2.06. The highest BCUT2D eigenvalue weighted by atomic mass is 35.5. The summed E-state index contributed by atoms with van der Waals surface area (Å²) >= 11 is 7.00. The Labute approximate surface area is 156 Å². The first kappa shape index (κ1) is 18.3. The normalized spacial score (nSPS) is 12.0. The van der Waals surface area contributed by atoms with E-state index in [1.54, 1.807) is 13.0 Å². The molecule has 0 fully saturated rings. The molecule has 10 heteroatoms. The van der Waals surface area contributed by atoms with Gasteiger partial charge in [0.05, 0.1) is 21.6 Å². The first-order chi connectivity index (χ1) is 12.4. The van der Waals surface area contributed by atoms with Gasteiger partial charge in [0, 0.05) is 0 Å². The van der Waals surface area contributed by atoms with Gasteiger partial charge in [-0.1, -0.05) is 29.4 Å². The summed E-state index contributed by atoms with van der Waals surface area (Å²) in [6.45, 7) is 1.65. The molecule has 0 radical (unpaired) electrons. The number of carbonyl (C=O) groups is 1. The van der Waals surface area contributed by atoms with Crippen molar-refractivity contribution in [3.63, 3.8) is 0 Å². The summed E-state index contributed by atoms with van der Waals surface area (Å²) in [6, 6.07) is 9.46. The largest absolute Gasteiger partial charge is 0.324 e. The van der Waals surface area contributed by atoms with Crippen LogP contribution in [0.2, 0.25) is 5.02 Å². The molecular weight excluding hydrogens is 384 g/mol. The van der Waals surface area contributed by atoms with E-state index in [1.807, 2.05) is 0 Å². The van der Waals surface area contributed by atoms with Crippen LogP contribution in [0.25, 0.3) is 5.69 Å². The molecule has 26 heavy (non-hydrogen) atoms. The number of hydrogen-bond acceptors (Lipinski definition) is 5. The Hall–Kier alpha value is -2.52. The quantitative estimate of drug-likeness (QED) is 0.667. The van der Waals surface area contributed by atoms with E-state index >= 15 is 0 Å². The Morgan fingerprint density at radius 2 is 2.00 bits per heavy atom. The van der Waals surface area contributed by atoms with Crippen molar-refractivity contribution in [1.82, 2.24) is 20.2 Å². The predicted octanol–water partition coefficient (Wildman–Crippen LogP) is 3.71.